The topological polar surface area (TPSA) is 35.5 Å². The summed E-state index contributed by atoms with van der Waals surface area (Å²) in [5, 5.41) is 13.2. The van der Waals surface area contributed by atoms with Crippen molar-refractivity contribution in [2.75, 3.05) is 26.2 Å². The first kappa shape index (κ1) is 9.44. The van der Waals surface area contributed by atoms with Crippen LogP contribution in [0.3, 0.4) is 0 Å². The smallest absolute Gasteiger partial charge is 0.0758 e. The summed E-state index contributed by atoms with van der Waals surface area (Å²) in [4.78, 5) is 2.44. The Labute approximate surface area is 80.1 Å². The summed E-state index contributed by atoms with van der Waals surface area (Å²) < 4.78 is 0. The second-order valence-corrected chi connectivity index (χ2v) is 4.72. The van der Waals surface area contributed by atoms with Gasteiger partial charge in [0, 0.05) is 25.7 Å². The molecule has 0 aromatic heterocycles. The molecule has 0 radical (unpaired) electrons. The van der Waals surface area contributed by atoms with E-state index in [1.165, 1.54) is 19.4 Å². The number of hydrogen-bond donors (Lipinski definition) is 2. The molecule has 3 nitrogen and oxygen atoms in total. The first-order chi connectivity index (χ1) is 6.17. The van der Waals surface area contributed by atoms with E-state index in [1.54, 1.807) is 0 Å². The van der Waals surface area contributed by atoms with Crippen molar-refractivity contribution in [1.82, 2.24) is 10.2 Å². The van der Waals surface area contributed by atoms with E-state index >= 15 is 0 Å². The molecular weight excluding hydrogens is 164 g/mol. The minimum Gasteiger partial charge on any atom is -0.389 e. The maximum Gasteiger partial charge on any atom is 0.0758 e. The van der Waals surface area contributed by atoms with Gasteiger partial charge in [-0.15, -0.1) is 0 Å². The Kier molecular flexibility index (Phi) is 2.58. The molecule has 0 saturated carbocycles. The lowest BCUT2D eigenvalue weighted by atomic mass is 10.1. The molecule has 2 atom stereocenters. The van der Waals surface area contributed by atoms with E-state index in [0.29, 0.717) is 6.04 Å². The van der Waals surface area contributed by atoms with Crippen LogP contribution in [0, 0.1) is 0 Å². The number of likely N-dealkylation sites (tertiary alicyclic amines) is 1. The van der Waals surface area contributed by atoms with E-state index in [-0.39, 0.29) is 0 Å². The number of hydrogen-bond acceptors (Lipinski definition) is 3. The Bertz CT molecular complexity index is 176. The third-order valence-electron chi connectivity index (χ3n) is 3.27. The third kappa shape index (κ3) is 2.22. The van der Waals surface area contributed by atoms with Crippen molar-refractivity contribution in [3.63, 3.8) is 0 Å². The zero-order chi connectivity index (χ0) is 9.31. The lowest BCUT2D eigenvalue weighted by Crippen LogP contribution is -2.46. The van der Waals surface area contributed by atoms with Crippen molar-refractivity contribution in [3.8, 4) is 0 Å². The SMILES string of the molecule is CC1(O)CCN(C2CCCNC2)C1. The zero-order valence-corrected chi connectivity index (χ0v) is 8.42. The molecule has 0 aromatic carbocycles. The summed E-state index contributed by atoms with van der Waals surface area (Å²) in [6.07, 6.45) is 3.51. The average Bonchev–Trinajstić information content (AvgIpc) is 2.48. The molecule has 2 N–H and O–H groups in total. The van der Waals surface area contributed by atoms with E-state index in [0.717, 1.165) is 26.1 Å². The summed E-state index contributed by atoms with van der Waals surface area (Å²) in [7, 11) is 0. The summed E-state index contributed by atoms with van der Waals surface area (Å²) in [5.74, 6) is 0. The minimum absolute atomic E-state index is 0.433. The van der Waals surface area contributed by atoms with Crippen LogP contribution in [0.4, 0.5) is 0 Å². The second kappa shape index (κ2) is 3.56. The van der Waals surface area contributed by atoms with E-state index < -0.39 is 5.60 Å². The molecule has 2 unspecified atom stereocenters. The Hall–Kier alpha value is -0.120. The molecular formula is C10H20N2O. The number of aliphatic hydroxyl groups is 1. The standard InChI is InChI=1S/C10H20N2O/c1-10(13)4-6-12(8-10)9-3-2-5-11-7-9/h9,11,13H,2-8H2,1H3. The van der Waals surface area contributed by atoms with Crippen LogP contribution in [0.5, 0.6) is 0 Å². The van der Waals surface area contributed by atoms with Gasteiger partial charge < -0.3 is 10.4 Å². The van der Waals surface area contributed by atoms with E-state index in [1.807, 2.05) is 6.92 Å². The van der Waals surface area contributed by atoms with Crippen molar-refractivity contribution in [1.29, 1.82) is 0 Å². The van der Waals surface area contributed by atoms with Crippen LogP contribution in [0.15, 0.2) is 0 Å². The van der Waals surface area contributed by atoms with E-state index in [4.69, 9.17) is 0 Å². The maximum atomic E-state index is 9.83. The van der Waals surface area contributed by atoms with Gasteiger partial charge >= 0.3 is 0 Å². The minimum atomic E-state index is -0.433. The highest BCUT2D eigenvalue weighted by Crippen LogP contribution is 2.24. The van der Waals surface area contributed by atoms with Crippen molar-refractivity contribution >= 4 is 0 Å². The number of rotatable bonds is 1. The molecule has 0 spiro atoms. The number of piperidine rings is 1. The average molecular weight is 184 g/mol. The highest BCUT2D eigenvalue weighted by molar-refractivity contribution is 4.91. The summed E-state index contributed by atoms with van der Waals surface area (Å²) in [5.41, 5.74) is -0.433. The Balaban J connectivity index is 1.87. The van der Waals surface area contributed by atoms with Crippen LogP contribution in [-0.4, -0.2) is 47.8 Å². The van der Waals surface area contributed by atoms with Gasteiger partial charge in [-0.3, -0.25) is 4.90 Å². The normalized spacial score (nSPS) is 42.5. The molecule has 2 rings (SSSR count). The fourth-order valence-corrected chi connectivity index (χ4v) is 2.44. The van der Waals surface area contributed by atoms with Gasteiger partial charge in [0.25, 0.3) is 0 Å². The first-order valence-electron chi connectivity index (χ1n) is 5.34. The molecule has 0 aliphatic carbocycles. The molecule has 2 aliphatic rings. The molecule has 2 aliphatic heterocycles. The van der Waals surface area contributed by atoms with Crippen LogP contribution >= 0.6 is 0 Å². The number of nitrogens with one attached hydrogen (secondary N) is 1. The number of β-amino-alcohol motifs (C(OH)–C–C–N with tert-alkyl or cyclic N) is 1. The second-order valence-electron chi connectivity index (χ2n) is 4.72. The molecule has 2 heterocycles. The molecule has 0 amide bonds. The molecule has 3 heteroatoms. The fourth-order valence-electron chi connectivity index (χ4n) is 2.44. The molecule has 0 bridgehead atoms. The van der Waals surface area contributed by atoms with Gasteiger partial charge in [-0.2, -0.15) is 0 Å². The number of nitrogens with zero attached hydrogens (tertiary/aromatic N) is 1. The van der Waals surface area contributed by atoms with Gasteiger partial charge in [0.05, 0.1) is 5.60 Å². The Morgan fingerprint density at radius 3 is 2.92 bits per heavy atom. The Morgan fingerprint density at radius 2 is 2.38 bits per heavy atom. The quantitative estimate of drug-likeness (QED) is 0.611. The van der Waals surface area contributed by atoms with Gasteiger partial charge in [0.1, 0.15) is 0 Å². The van der Waals surface area contributed by atoms with E-state index in [9.17, 15) is 5.11 Å². The summed E-state index contributed by atoms with van der Waals surface area (Å²) in [6, 6.07) is 0.669. The third-order valence-corrected chi connectivity index (χ3v) is 3.27. The largest absolute Gasteiger partial charge is 0.389 e. The van der Waals surface area contributed by atoms with Crippen LogP contribution in [0.1, 0.15) is 26.2 Å². The van der Waals surface area contributed by atoms with Crippen LogP contribution in [0.2, 0.25) is 0 Å². The van der Waals surface area contributed by atoms with Gasteiger partial charge in [-0.05, 0) is 32.7 Å². The lowest BCUT2D eigenvalue weighted by molar-refractivity contribution is 0.0596. The molecule has 2 saturated heterocycles. The highest BCUT2D eigenvalue weighted by atomic mass is 16.3. The maximum absolute atomic E-state index is 9.83. The predicted molar refractivity (Wildman–Crippen MR) is 52.7 cm³/mol. The van der Waals surface area contributed by atoms with Gasteiger partial charge in [0.15, 0.2) is 0 Å². The van der Waals surface area contributed by atoms with Crippen molar-refractivity contribution in [2.24, 2.45) is 0 Å². The molecule has 13 heavy (non-hydrogen) atoms. The van der Waals surface area contributed by atoms with Crippen molar-refractivity contribution in [2.45, 2.75) is 37.8 Å². The fraction of sp³-hybridized carbons (Fsp3) is 1.00. The van der Waals surface area contributed by atoms with Crippen molar-refractivity contribution in [3.05, 3.63) is 0 Å². The monoisotopic (exact) mass is 184 g/mol. The first-order valence-corrected chi connectivity index (χ1v) is 5.34. The molecule has 2 fully saturated rings. The lowest BCUT2D eigenvalue weighted by Gasteiger charge is -2.32. The molecule has 0 aromatic rings. The van der Waals surface area contributed by atoms with Crippen LogP contribution < -0.4 is 5.32 Å². The summed E-state index contributed by atoms with van der Waals surface area (Å²) >= 11 is 0. The van der Waals surface area contributed by atoms with Crippen LogP contribution in [0.25, 0.3) is 0 Å². The molecule has 76 valence electrons. The zero-order valence-electron chi connectivity index (χ0n) is 8.42. The van der Waals surface area contributed by atoms with Gasteiger partial charge in [0.2, 0.25) is 0 Å². The van der Waals surface area contributed by atoms with Crippen LogP contribution in [-0.2, 0) is 0 Å². The van der Waals surface area contributed by atoms with Crippen molar-refractivity contribution < 1.29 is 5.11 Å². The summed E-state index contributed by atoms with van der Waals surface area (Å²) in [6.45, 7) is 6.15. The Morgan fingerprint density at radius 1 is 1.54 bits per heavy atom. The highest BCUT2D eigenvalue weighted by Gasteiger charge is 2.35. The predicted octanol–water partition coefficient (Wildman–Crippen LogP) is 0.195. The van der Waals surface area contributed by atoms with Gasteiger partial charge in [-0.25, -0.2) is 0 Å². The van der Waals surface area contributed by atoms with Gasteiger partial charge in [-0.1, -0.05) is 0 Å². The van der Waals surface area contributed by atoms with E-state index in [2.05, 4.69) is 10.2 Å².